The van der Waals surface area contributed by atoms with E-state index in [1.165, 1.54) is 30.4 Å². The van der Waals surface area contributed by atoms with E-state index in [1.807, 2.05) is 6.07 Å². The average molecular weight is 287 g/mol. The van der Waals surface area contributed by atoms with Crippen LogP contribution in [0.25, 0.3) is 0 Å². The molecule has 21 heavy (non-hydrogen) atoms. The second-order valence-electron chi connectivity index (χ2n) is 6.44. The molecule has 3 rings (SSSR count). The minimum atomic E-state index is -0.445. The summed E-state index contributed by atoms with van der Waals surface area (Å²) in [5.74, 6) is 0.105. The van der Waals surface area contributed by atoms with Gasteiger partial charge in [-0.3, -0.25) is 4.79 Å². The van der Waals surface area contributed by atoms with Gasteiger partial charge in [-0.15, -0.1) is 0 Å². The number of carbonyl (C=O) groups is 1. The van der Waals surface area contributed by atoms with Gasteiger partial charge in [-0.2, -0.15) is 0 Å². The molecule has 0 bridgehead atoms. The normalized spacial score (nSPS) is 24.1. The number of nitrogens with two attached hydrogens (primary N) is 1. The number of aryl methyl sites for hydroxylation is 1. The fourth-order valence-electron chi connectivity index (χ4n) is 3.74. The van der Waals surface area contributed by atoms with Crippen molar-refractivity contribution in [3.8, 4) is 0 Å². The zero-order chi connectivity index (χ0) is 14.7. The summed E-state index contributed by atoms with van der Waals surface area (Å²) in [4.78, 5) is 12.4. The van der Waals surface area contributed by atoms with Crippen molar-refractivity contribution in [1.29, 1.82) is 0 Å². The van der Waals surface area contributed by atoms with Gasteiger partial charge in [0.15, 0.2) is 0 Å². The fourth-order valence-corrected chi connectivity index (χ4v) is 3.74. The third-order valence-electron chi connectivity index (χ3n) is 5.00. The number of benzene rings is 1. The molecule has 0 aromatic heterocycles. The number of esters is 1. The van der Waals surface area contributed by atoms with Crippen LogP contribution in [0.4, 0.5) is 0 Å². The van der Waals surface area contributed by atoms with Gasteiger partial charge in [-0.1, -0.05) is 43.5 Å². The van der Waals surface area contributed by atoms with Crippen molar-refractivity contribution in [2.45, 2.75) is 63.5 Å². The number of hydrogen-bond donors (Lipinski definition) is 1. The van der Waals surface area contributed by atoms with Gasteiger partial charge in [-0.05, 0) is 49.1 Å². The van der Waals surface area contributed by atoms with Gasteiger partial charge in [0, 0.05) is 0 Å². The summed E-state index contributed by atoms with van der Waals surface area (Å²) in [6.45, 7) is 0. The molecule has 2 unspecified atom stereocenters. The number of fused-ring (bicyclic) bond motifs is 1. The van der Waals surface area contributed by atoms with E-state index in [2.05, 4.69) is 18.2 Å². The van der Waals surface area contributed by atoms with Crippen molar-refractivity contribution < 1.29 is 9.53 Å². The van der Waals surface area contributed by atoms with Crippen molar-refractivity contribution in [3.63, 3.8) is 0 Å². The first-order valence-corrected chi connectivity index (χ1v) is 8.29. The van der Waals surface area contributed by atoms with Crippen molar-refractivity contribution in [2.24, 2.45) is 11.7 Å². The second-order valence-corrected chi connectivity index (χ2v) is 6.44. The maximum Gasteiger partial charge on any atom is 0.323 e. The predicted octanol–water partition coefficient (Wildman–Crippen LogP) is 3.51. The molecule has 0 saturated heterocycles. The molecule has 0 spiro atoms. The number of ether oxygens (including phenoxy) is 1. The molecule has 3 heteroatoms. The van der Waals surface area contributed by atoms with Gasteiger partial charge in [0.05, 0.1) is 0 Å². The highest BCUT2D eigenvalue weighted by molar-refractivity contribution is 5.76. The highest BCUT2D eigenvalue weighted by Gasteiger charge is 2.30. The predicted molar refractivity (Wildman–Crippen MR) is 82.8 cm³/mol. The van der Waals surface area contributed by atoms with E-state index in [0.29, 0.717) is 5.92 Å². The van der Waals surface area contributed by atoms with Crippen molar-refractivity contribution >= 4 is 5.97 Å². The molecule has 2 aliphatic rings. The minimum Gasteiger partial charge on any atom is -0.456 e. The average Bonchev–Trinajstić information content (AvgIpc) is 2.55. The molecule has 0 aliphatic heterocycles. The maximum atomic E-state index is 12.4. The van der Waals surface area contributed by atoms with Gasteiger partial charge in [-0.25, -0.2) is 0 Å². The zero-order valence-electron chi connectivity index (χ0n) is 12.6. The molecular weight excluding hydrogens is 262 g/mol. The van der Waals surface area contributed by atoms with Crippen LogP contribution in [0.5, 0.6) is 0 Å². The summed E-state index contributed by atoms with van der Waals surface area (Å²) in [6, 6.07) is 7.84. The molecule has 3 nitrogen and oxygen atoms in total. The largest absolute Gasteiger partial charge is 0.456 e. The Labute approximate surface area is 126 Å². The summed E-state index contributed by atoms with van der Waals surface area (Å²) in [5.41, 5.74) is 8.64. The number of hydrogen-bond acceptors (Lipinski definition) is 3. The Morgan fingerprint density at radius 2 is 1.86 bits per heavy atom. The van der Waals surface area contributed by atoms with Crippen LogP contribution < -0.4 is 5.73 Å². The molecule has 114 valence electrons. The maximum absolute atomic E-state index is 12.4. The van der Waals surface area contributed by atoms with Crippen LogP contribution in [0.15, 0.2) is 24.3 Å². The van der Waals surface area contributed by atoms with E-state index >= 15 is 0 Å². The van der Waals surface area contributed by atoms with Crippen LogP contribution >= 0.6 is 0 Å². The Hall–Kier alpha value is -1.35. The second kappa shape index (κ2) is 6.61. The van der Waals surface area contributed by atoms with Crippen LogP contribution in [0.2, 0.25) is 0 Å². The van der Waals surface area contributed by atoms with Crippen LogP contribution in [0, 0.1) is 5.92 Å². The number of carbonyl (C=O) groups excluding carboxylic acids is 1. The first-order valence-electron chi connectivity index (χ1n) is 8.29. The smallest absolute Gasteiger partial charge is 0.323 e. The standard InChI is InChI=1S/C18H25NO2/c19-17(14-8-2-1-3-9-14)18(20)21-16-12-6-10-13-7-4-5-11-15(13)16/h4-5,7,11,14,16-17H,1-3,6,8-10,12,19H2. The molecule has 1 aromatic rings. The lowest BCUT2D eigenvalue weighted by atomic mass is 9.84. The molecule has 1 fully saturated rings. The molecule has 1 saturated carbocycles. The fraction of sp³-hybridized carbons (Fsp3) is 0.611. The Kier molecular flexibility index (Phi) is 4.59. The van der Waals surface area contributed by atoms with Gasteiger partial charge < -0.3 is 10.5 Å². The lowest BCUT2D eigenvalue weighted by Crippen LogP contribution is -2.41. The van der Waals surface area contributed by atoms with E-state index in [4.69, 9.17) is 10.5 Å². The third-order valence-corrected chi connectivity index (χ3v) is 5.00. The lowest BCUT2D eigenvalue weighted by molar-refractivity contribution is -0.153. The quantitative estimate of drug-likeness (QED) is 0.865. The topological polar surface area (TPSA) is 52.3 Å². The zero-order valence-corrected chi connectivity index (χ0v) is 12.6. The monoisotopic (exact) mass is 287 g/mol. The van der Waals surface area contributed by atoms with E-state index in [9.17, 15) is 4.79 Å². The van der Waals surface area contributed by atoms with Gasteiger partial charge in [0.2, 0.25) is 0 Å². The van der Waals surface area contributed by atoms with E-state index < -0.39 is 6.04 Å². The Morgan fingerprint density at radius 3 is 2.67 bits per heavy atom. The Morgan fingerprint density at radius 1 is 1.10 bits per heavy atom. The van der Waals surface area contributed by atoms with Gasteiger partial charge in [0.25, 0.3) is 0 Å². The molecule has 0 amide bonds. The first-order chi connectivity index (χ1) is 10.3. The summed E-state index contributed by atoms with van der Waals surface area (Å²) in [6.07, 6.45) is 8.77. The summed E-state index contributed by atoms with van der Waals surface area (Å²) in [7, 11) is 0. The van der Waals surface area contributed by atoms with Crippen LogP contribution in [0.1, 0.15) is 62.2 Å². The van der Waals surface area contributed by atoms with Crippen LogP contribution in [-0.2, 0) is 16.0 Å². The highest BCUT2D eigenvalue weighted by Crippen LogP contribution is 2.33. The van der Waals surface area contributed by atoms with E-state index in [0.717, 1.165) is 32.1 Å². The van der Waals surface area contributed by atoms with Gasteiger partial charge >= 0.3 is 5.97 Å². The Bertz CT molecular complexity index is 494. The molecule has 0 heterocycles. The number of rotatable bonds is 3. The molecular formula is C18H25NO2. The lowest BCUT2D eigenvalue weighted by Gasteiger charge is -2.30. The first kappa shape index (κ1) is 14.6. The molecule has 2 N–H and O–H groups in total. The molecule has 1 aromatic carbocycles. The van der Waals surface area contributed by atoms with Crippen molar-refractivity contribution in [2.75, 3.05) is 0 Å². The van der Waals surface area contributed by atoms with Crippen LogP contribution in [-0.4, -0.2) is 12.0 Å². The van der Waals surface area contributed by atoms with Gasteiger partial charge in [0.1, 0.15) is 12.1 Å². The summed E-state index contributed by atoms with van der Waals surface area (Å²) >= 11 is 0. The molecule has 0 radical (unpaired) electrons. The van der Waals surface area contributed by atoms with Crippen molar-refractivity contribution in [1.82, 2.24) is 0 Å². The van der Waals surface area contributed by atoms with Crippen molar-refractivity contribution in [3.05, 3.63) is 35.4 Å². The minimum absolute atomic E-state index is 0.0999. The summed E-state index contributed by atoms with van der Waals surface area (Å²) < 4.78 is 5.77. The van der Waals surface area contributed by atoms with E-state index in [1.54, 1.807) is 0 Å². The van der Waals surface area contributed by atoms with Crippen LogP contribution in [0.3, 0.4) is 0 Å². The Balaban J connectivity index is 1.65. The molecule has 2 atom stereocenters. The highest BCUT2D eigenvalue weighted by atomic mass is 16.5. The SMILES string of the molecule is NC(C(=O)OC1CCCc2ccccc21)C1CCCCC1. The van der Waals surface area contributed by atoms with E-state index in [-0.39, 0.29) is 12.1 Å². The molecule has 2 aliphatic carbocycles. The summed E-state index contributed by atoms with van der Waals surface area (Å²) in [5, 5.41) is 0. The third kappa shape index (κ3) is 3.29.